The summed E-state index contributed by atoms with van der Waals surface area (Å²) in [6.45, 7) is 4.06. The largest absolute Gasteiger partial charge is 0.370 e. The van der Waals surface area contributed by atoms with Gasteiger partial charge >= 0.3 is 0 Å². The fourth-order valence-electron chi connectivity index (χ4n) is 1.03. The molecule has 0 atom stereocenters. The van der Waals surface area contributed by atoms with Crippen LogP contribution in [0, 0.1) is 5.82 Å². The monoisotopic (exact) mass is 245 g/mol. The second-order valence-corrected chi connectivity index (χ2v) is 4.22. The molecule has 0 aromatic heterocycles. The number of nitrogens with zero attached hydrogens (tertiary/aromatic N) is 1. The van der Waals surface area contributed by atoms with Gasteiger partial charge in [-0.05, 0) is 32.0 Å². The summed E-state index contributed by atoms with van der Waals surface area (Å²) in [5.41, 5.74) is 0.629. The highest BCUT2D eigenvalue weighted by Crippen LogP contribution is 2.24. The molecule has 0 aliphatic rings. The summed E-state index contributed by atoms with van der Waals surface area (Å²) in [6, 6.07) is 5.25. The highest BCUT2D eigenvalue weighted by atomic mass is 79.9. The Bertz CT molecular complexity index is 299. The van der Waals surface area contributed by atoms with Gasteiger partial charge in [0.1, 0.15) is 5.82 Å². The second kappa shape index (κ2) is 4.09. The quantitative estimate of drug-likeness (QED) is 0.772. The SMILES string of the molecule is CC(C)N(C)c1cc(Br)ccc1F. The Morgan fingerprint density at radius 2 is 2.00 bits per heavy atom. The number of hydrogen-bond donors (Lipinski definition) is 0. The lowest BCUT2D eigenvalue weighted by Crippen LogP contribution is -2.26. The fraction of sp³-hybridized carbons (Fsp3) is 0.400. The van der Waals surface area contributed by atoms with Crippen molar-refractivity contribution in [1.82, 2.24) is 0 Å². The van der Waals surface area contributed by atoms with Crippen LogP contribution in [0.4, 0.5) is 10.1 Å². The summed E-state index contributed by atoms with van der Waals surface area (Å²) in [4.78, 5) is 1.90. The maximum Gasteiger partial charge on any atom is 0.146 e. The topological polar surface area (TPSA) is 3.24 Å². The number of anilines is 1. The average molecular weight is 246 g/mol. The maximum atomic E-state index is 13.3. The van der Waals surface area contributed by atoms with Crippen LogP contribution < -0.4 is 4.90 Å². The zero-order chi connectivity index (χ0) is 10.0. The molecular formula is C10H13BrFN. The maximum absolute atomic E-state index is 13.3. The van der Waals surface area contributed by atoms with Gasteiger partial charge in [0.2, 0.25) is 0 Å². The first-order chi connectivity index (χ1) is 6.02. The van der Waals surface area contributed by atoms with Crippen LogP contribution >= 0.6 is 15.9 Å². The molecule has 1 rings (SSSR count). The van der Waals surface area contributed by atoms with E-state index in [1.54, 1.807) is 12.1 Å². The average Bonchev–Trinajstić information content (AvgIpc) is 2.08. The van der Waals surface area contributed by atoms with Crippen LogP contribution in [-0.2, 0) is 0 Å². The van der Waals surface area contributed by atoms with E-state index < -0.39 is 0 Å². The number of rotatable bonds is 2. The van der Waals surface area contributed by atoms with Crippen molar-refractivity contribution in [3.05, 3.63) is 28.5 Å². The van der Waals surface area contributed by atoms with E-state index in [4.69, 9.17) is 0 Å². The van der Waals surface area contributed by atoms with Gasteiger partial charge in [0.05, 0.1) is 5.69 Å². The van der Waals surface area contributed by atoms with Crippen molar-refractivity contribution in [3.8, 4) is 0 Å². The third-order valence-corrected chi connectivity index (χ3v) is 2.56. The van der Waals surface area contributed by atoms with Crippen LogP contribution in [0.15, 0.2) is 22.7 Å². The smallest absolute Gasteiger partial charge is 0.146 e. The molecule has 0 unspecified atom stereocenters. The van der Waals surface area contributed by atoms with Crippen LogP contribution in [0.1, 0.15) is 13.8 Å². The molecule has 0 aliphatic heterocycles. The van der Waals surface area contributed by atoms with Crippen LogP contribution in [0.3, 0.4) is 0 Å². The molecule has 0 N–H and O–H groups in total. The highest BCUT2D eigenvalue weighted by molar-refractivity contribution is 9.10. The van der Waals surface area contributed by atoms with Crippen molar-refractivity contribution in [3.63, 3.8) is 0 Å². The number of hydrogen-bond acceptors (Lipinski definition) is 1. The number of benzene rings is 1. The Balaban J connectivity index is 3.05. The van der Waals surface area contributed by atoms with Gasteiger partial charge < -0.3 is 4.90 Å². The van der Waals surface area contributed by atoms with E-state index in [0.29, 0.717) is 11.7 Å². The summed E-state index contributed by atoms with van der Waals surface area (Å²) >= 11 is 3.32. The van der Waals surface area contributed by atoms with Gasteiger partial charge in [0.15, 0.2) is 0 Å². The van der Waals surface area contributed by atoms with Crippen molar-refractivity contribution in [2.45, 2.75) is 19.9 Å². The van der Waals surface area contributed by atoms with Crippen molar-refractivity contribution in [2.24, 2.45) is 0 Å². The Hall–Kier alpha value is -0.570. The minimum Gasteiger partial charge on any atom is -0.370 e. The lowest BCUT2D eigenvalue weighted by atomic mass is 10.2. The number of halogens is 2. The zero-order valence-electron chi connectivity index (χ0n) is 8.01. The molecule has 3 heteroatoms. The summed E-state index contributed by atoms with van der Waals surface area (Å²) in [7, 11) is 1.88. The third-order valence-electron chi connectivity index (χ3n) is 2.06. The molecule has 13 heavy (non-hydrogen) atoms. The summed E-state index contributed by atoms with van der Waals surface area (Å²) < 4.78 is 14.2. The molecule has 72 valence electrons. The Morgan fingerprint density at radius 1 is 1.38 bits per heavy atom. The predicted molar refractivity (Wildman–Crippen MR) is 57.6 cm³/mol. The molecule has 0 saturated heterocycles. The Morgan fingerprint density at radius 3 is 2.54 bits per heavy atom. The van der Waals surface area contributed by atoms with E-state index in [0.717, 1.165) is 4.47 Å². The molecule has 1 aromatic carbocycles. The molecule has 0 saturated carbocycles. The van der Waals surface area contributed by atoms with Gasteiger partial charge in [-0.1, -0.05) is 15.9 Å². The summed E-state index contributed by atoms with van der Waals surface area (Å²) in [5.74, 6) is -0.181. The van der Waals surface area contributed by atoms with Gasteiger partial charge in [-0.3, -0.25) is 0 Å². The van der Waals surface area contributed by atoms with Crippen LogP contribution in [-0.4, -0.2) is 13.1 Å². The lowest BCUT2D eigenvalue weighted by Gasteiger charge is -2.24. The molecule has 0 bridgehead atoms. The molecule has 1 nitrogen and oxygen atoms in total. The summed E-state index contributed by atoms with van der Waals surface area (Å²) in [5, 5.41) is 0. The predicted octanol–water partition coefficient (Wildman–Crippen LogP) is 3.43. The Kier molecular flexibility index (Phi) is 3.31. The minimum atomic E-state index is -0.181. The highest BCUT2D eigenvalue weighted by Gasteiger charge is 2.10. The van der Waals surface area contributed by atoms with E-state index in [9.17, 15) is 4.39 Å². The molecule has 1 aromatic rings. The van der Waals surface area contributed by atoms with E-state index >= 15 is 0 Å². The van der Waals surface area contributed by atoms with E-state index in [-0.39, 0.29) is 5.82 Å². The fourth-order valence-corrected chi connectivity index (χ4v) is 1.38. The van der Waals surface area contributed by atoms with Gasteiger partial charge in [-0.2, -0.15) is 0 Å². The molecule has 0 amide bonds. The first-order valence-corrected chi connectivity index (χ1v) is 4.99. The molecular weight excluding hydrogens is 233 g/mol. The minimum absolute atomic E-state index is 0.181. The van der Waals surface area contributed by atoms with Gasteiger partial charge in [0, 0.05) is 17.6 Å². The zero-order valence-corrected chi connectivity index (χ0v) is 9.60. The van der Waals surface area contributed by atoms with Crippen molar-refractivity contribution < 1.29 is 4.39 Å². The summed E-state index contributed by atoms with van der Waals surface area (Å²) in [6.07, 6.45) is 0. The molecule has 0 fully saturated rings. The van der Waals surface area contributed by atoms with Crippen LogP contribution in [0.2, 0.25) is 0 Å². The Labute approximate surface area is 86.7 Å². The molecule has 0 radical (unpaired) electrons. The molecule has 0 heterocycles. The standard InChI is InChI=1S/C10H13BrFN/c1-7(2)13(3)10-6-8(11)4-5-9(10)12/h4-7H,1-3H3. The van der Waals surface area contributed by atoms with Crippen molar-refractivity contribution >= 4 is 21.6 Å². The second-order valence-electron chi connectivity index (χ2n) is 3.30. The first kappa shape index (κ1) is 10.5. The van der Waals surface area contributed by atoms with E-state index in [1.165, 1.54) is 6.07 Å². The lowest BCUT2D eigenvalue weighted by molar-refractivity contribution is 0.613. The normalized spacial score (nSPS) is 10.6. The first-order valence-electron chi connectivity index (χ1n) is 4.20. The third kappa shape index (κ3) is 2.44. The van der Waals surface area contributed by atoms with Gasteiger partial charge in [-0.15, -0.1) is 0 Å². The molecule has 0 aliphatic carbocycles. The van der Waals surface area contributed by atoms with Crippen LogP contribution in [0.5, 0.6) is 0 Å². The van der Waals surface area contributed by atoms with E-state index in [1.807, 2.05) is 25.8 Å². The van der Waals surface area contributed by atoms with Gasteiger partial charge in [-0.25, -0.2) is 4.39 Å². The van der Waals surface area contributed by atoms with Crippen molar-refractivity contribution in [2.75, 3.05) is 11.9 Å². The van der Waals surface area contributed by atoms with Crippen molar-refractivity contribution in [1.29, 1.82) is 0 Å². The van der Waals surface area contributed by atoms with Gasteiger partial charge in [0.25, 0.3) is 0 Å². The van der Waals surface area contributed by atoms with Crippen LogP contribution in [0.25, 0.3) is 0 Å². The van der Waals surface area contributed by atoms with E-state index in [2.05, 4.69) is 15.9 Å². The molecule has 0 spiro atoms.